The van der Waals surface area contributed by atoms with Crippen molar-refractivity contribution >= 4 is 27.5 Å². The quantitative estimate of drug-likeness (QED) is 0.685. The third-order valence-electron chi connectivity index (χ3n) is 5.87. The van der Waals surface area contributed by atoms with E-state index < -0.39 is 10.0 Å². The summed E-state index contributed by atoms with van der Waals surface area (Å²) in [7, 11) is -3.71. The number of amides is 1. The van der Waals surface area contributed by atoms with Crippen molar-refractivity contribution in [3.63, 3.8) is 0 Å². The highest BCUT2D eigenvalue weighted by atomic mass is 35.5. The predicted molar refractivity (Wildman–Crippen MR) is 112 cm³/mol. The maximum atomic E-state index is 13.3. The Labute approximate surface area is 174 Å². The smallest absolute Gasteiger partial charge is 0.254 e. The molecule has 1 heterocycles. The Morgan fingerprint density at radius 3 is 2.25 bits per heavy atom. The number of carbonyl (C=O) groups is 1. The first-order chi connectivity index (χ1) is 13.3. The number of hydrogen-bond acceptors (Lipinski definition) is 3. The fourth-order valence-electron chi connectivity index (χ4n) is 4.41. The lowest BCUT2D eigenvalue weighted by atomic mass is 10.1. The molecule has 156 valence electrons. The topological polar surface area (TPSA) is 57.7 Å². The van der Waals surface area contributed by atoms with Crippen LogP contribution >= 0.6 is 11.6 Å². The molecule has 0 radical (unpaired) electrons. The van der Waals surface area contributed by atoms with Crippen molar-refractivity contribution in [1.82, 2.24) is 9.21 Å². The lowest BCUT2D eigenvalue weighted by molar-refractivity contribution is 0.0613. The predicted octanol–water partition coefficient (Wildman–Crippen LogP) is 4.70. The summed E-state index contributed by atoms with van der Waals surface area (Å²) < 4.78 is 27.9. The molecule has 1 aliphatic heterocycles. The average molecular weight is 427 g/mol. The zero-order valence-corrected chi connectivity index (χ0v) is 18.4. The van der Waals surface area contributed by atoms with Gasteiger partial charge in [-0.2, -0.15) is 4.31 Å². The summed E-state index contributed by atoms with van der Waals surface area (Å²) in [5.74, 6) is -0.106. The number of sulfonamides is 1. The standard InChI is InChI=1S/C21H31ClN2O3S/c1-16(2)24(18-9-5-6-10-18)21(25)17-11-12-19(22)20(15-17)28(26,27)23-13-7-3-4-8-14-23/h11-12,15-16,18H,3-10,13-14H2,1-2H3. The number of rotatable bonds is 5. The van der Waals surface area contributed by atoms with E-state index in [0.717, 1.165) is 51.4 Å². The first-order valence-electron chi connectivity index (χ1n) is 10.4. The second-order valence-electron chi connectivity index (χ2n) is 8.21. The van der Waals surface area contributed by atoms with Gasteiger partial charge in [-0.1, -0.05) is 37.3 Å². The first-order valence-corrected chi connectivity index (χ1v) is 12.3. The van der Waals surface area contributed by atoms with E-state index in [1.807, 2.05) is 18.7 Å². The van der Waals surface area contributed by atoms with Gasteiger partial charge < -0.3 is 4.90 Å². The molecular formula is C21H31ClN2O3S. The Morgan fingerprint density at radius 2 is 1.68 bits per heavy atom. The van der Waals surface area contributed by atoms with Gasteiger partial charge in [0.2, 0.25) is 10.0 Å². The van der Waals surface area contributed by atoms with Crippen LogP contribution in [0.15, 0.2) is 23.1 Å². The van der Waals surface area contributed by atoms with Crippen LogP contribution < -0.4 is 0 Å². The summed E-state index contributed by atoms with van der Waals surface area (Å²) in [4.78, 5) is 15.2. The van der Waals surface area contributed by atoms with Gasteiger partial charge >= 0.3 is 0 Å². The maximum Gasteiger partial charge on any atom is 0.254 e. The normalized spacial score (nSPS) is 19.7. The molecule has 7 heteroatoms. The van der Waals surface area contributed by atoms with Gasteiger partial charge in [-0.15, -0.1) is 0 Å². The minimum atomic E-state index is -3.71. The average Bonchev–Trinajstić information content (AvgIpc) is 3.01. The highest BCUT2D eigenvalue weighted by molar-refractivity contribution is 7.89. The van der Waals surface area contributed by atoms with Gasteiger partial charge in [0, 0.05) is 30.7 Å². The monoisotopic (exact) mass is 426 g/mol. The Hall–Kier alpha value is -1.11. The highest BCUT2D eigenvalue weighted by Gasteiger charge is 2.32. The van der Waals surface area contributed by atoms with Crippen LogP contribution in [0.25, 0.3) is 0 Å². The van der Waals surface area contributed by atoms with Gasteiger partial charge in [-0.05, 0) is 57.7 Å². The molecule has 1 saturated carbocycles. The summed E-state index contributed by atoms with van der Waals surface area (Å²) in [6.07, 6.45) is 8.10. The second-order valence-corrected chi connectivity index (χ2v) is 10.5. The van der Waals surface area contributed by atoms with Crippen molar-refractivity contribution in [1.29, 1.82) is 0 Å². The van der Waals surface area contributed by atoms with Gasteiger partial charge in [0.25, 0.3) is 5.91 Å². The van der Waals surface area contributed by atoms with Crippen LogP contribution in [-0.4, -0.2) is 48.7 Å². The zero-order chi connectivity index (χ0) is 20.3. The summed E-state index contributed by atoms with van der Waals surface area (Å²) >= 11 is 6.28. The van der Waals surface area contributed by atoms with Crippen LogP contribution in [0.4, 0.5) is 0 Å². The number of hydrogen-bond donors (Lipinski definition) is 0. The molecule has 28 heavy (non-hydrogen) atoms. The summed E-state index contributed by atoms with van der Waals surface area (Å²) in [5, 5.41) is 0.178. The van der Waals surface area contributed by atoms with Crippen molar-refractivity contribution in [2.45, 2.75) is 82.2 Å². The summed E-state index contributed by atoms with van der Waals surface area (Å²) in [6.45, 7) is 5.05. The van der Waals surface area contributed by atoms with E-state index in [9.17, 15) is 13.2 Å². The van der Waals surface area contributed by atoms with Crippen LogP contribution in [0.3, 0.4) is 0 Å². The molecule has 1 saturated heterocycles. The molecule has 3 rings (SSSR count). The number of benzene rings is 1. The van der Waals surface area contributed by atoms with Gasteiger partial charge in [0.1, 0.15) is 4.90 Å². The Bertz CT molecular complexity index is 796. The molecule has 1 amide bonds. The van der Waals surface area contributed by atoms with Gasteiger partial charge in [0.15, 0.2) is 0 Å². The molecule has 0 aromatic heterocycles. The van der Waals surface area contributed by atoms with E-state index in [4.69, 9.17) is 11.6 Å². The van der Waals surface area contributed by atoms with Crippen molar-refractivity contribution < 1.29 is 13.2 Å². The highest BCUT2D eigenvalue weighted by Crippen LogP contribution is 2.30. The van der Waals surface area contributed by atoms with Crippen molar-refractivity contribution in [3.8, 4) is 0 Å². The molecule has 0 N–H and O–H groups in total. The van der Waals surface area contributed by atoms with Gasteiger partial charge in [0.05, 0.1) is 5.02 Å². The van der Waals surface area contributed by atoms with E-state index in [2.05, 4.69) is 0 Å². The largest absolute Gasteiger partial charge is 0.333 e. The lowest BCUT2D eigenvalue weighted by Gasteiger charge is -2.33. The van der Waals surface area contributed by atoms with E-state index >= 15 is 0 Å². The SMILES string of the molecule is CC(C)N(C(=O)c1ccc(Cl)c(S(=O)(=O)N2CCCCCC2)c1)C1CCCC1. The van der Waals surface area contributed by atoms with Gasteiger partial charge in [-0.3, -0.25) is 4.79 Å². The molecule has 2 aliphatic rings. The van der Waals surface area contributed by atoms with Crippen LogP contribution in [-0.2, 0) is 10.0 Å². The number of halogens is 1. The molecule has 1 aromatic rings. The number of nitrogens with zero attached hydrogens (tertiary/aromatic N) is 2. The molecule has 1 aromatic carbocycles. The summed E-state index contributed by atoms with van der Waals surface area (Å²) in [6, 6.07) is 4.98. The van der Waals surface area contributed by atoms with Gasteiger partial charge in [-0.25, -0.2) is 8.42 Å². The van der Waals surface area contributed by atoms with Crippen molar-refractivity contribution in [2.75, 3.05) is 13.1 Å². The lowest BCUT2D eigenvalue weighted by Crippen LogP contribution is -2.43. The molecule has 2 fully saturated rings. The van der Waals surface area contributed by atoms with Crippen molar-refractivity contribution in [2.24, 2.45) is 0 Å². The Kier molecular flexibility index (Phi) is 7.05. The van der Waals surface area contributed by atoms with E-state index in [1.54, 1.807) is 12.1 Å². The Morgan fingerprint density at radius 1 is 1.07 bits per heavy atom. The minimum Gasteiger partial charge on any atom is -0.333 e. The van der Waals surface area contributed by atoms with E-state index in [1.165, 1.54) is 10.4 Å². The second kappa shape index (κ2) is 9.14. The third kappa shape index (κ3) is 4.55. The van der Waals surface area contributed by atoms with Crippen LogP contribution in [0, 0.1) is 0 Å². The molecule has 0 bridgehead atoms. The number of carbonyl (C=O) groups excluding carboxylic acids is 1. The summed E-state index contributed by atoms with van der Waals surface area (Å²) in [5.41, 5.74) is 0.401. The maximum absolute atomic E-state index is 13.3. The zero-order valence-electron chi connectivity index (χ0n) is 16.9. The molecule has 0 spiro atoms. The van der Waals surface area contributed by atoms with E-state index in [-0.39, 0.29) is 27.9 Å². The van der Waals surface area contributed by atoms with Crippen LogP contribution in [0.2, 0.25) is 5.02 Å². The van der Waals surface area contributed by atoms with Crippen LogP contribution in [0.5, 0.6) is 0 Å². The minimum absolute atomic E-state index is 0.0528. The molecule has 1 aliphatic carbocycles. The first kappa shape index (κ1) is 21.6. The van der Waals surface area contributed by atoms with Crippen LogP contribution in [0.1, 0.15) is 75.6 Å². The fourth-order valence-corrected chi connectivity index (χ4v) is 6.43. The molecule has 0 unspecified atom stereocenters. The van der Waals surface area contributed by atoms with E-state index in [0.29, 0.717) is 18.7 Å². The van der Waals surface area contributed by atoms with Crippen molar-refractivity contribution in [3.05, 3.63) is 28.8 Å². The molecule has 0 atom stereocenters. The fraction of sp³-hybridized carbons (Fsp3) is 0.667. The third-order valence-corrected chi connectivity index (χ3v) is 8.25. The Balaban J connectivity index is 1.92. The molecular weight excluding hydrogens is 396 g/mol. The molecule has 5 nitrogen and oxygen atoms in total.